The second-order valence-corrected chi connectivity index (χ2v) is 8.18. The van der Waals surface area contributed by atoms with Gasteiger partial charge in [-0.3, -0.25) is 4.79 Å². The SMILES string of the molecule is CCC(=O)N1CCCC1c1nc2ccccc2n1CCCOc1cc(C)ccc1C. The number of carbonyl (C=O) groups excluding carboxylic acids is 1. The number of amides is 1. The van der Waals surface area contributed by atoms with Crippen LogP contribution in [0.2, 0.25) is 0 Å². The van der Waals surface area contributed by atoms with E-state index in [0.29, 0.717) is 13.0 Å². The zero-order valence-corrected chi connectivity index (χ0v) is 18.2. The van der Waals surface area contributed by atoms with E-state index in [0.717, 1.165) is 60.5 Å². The zero-order chi connectivity index (χ0) is 21.1. The third-order valence-electron chi connectivity index (χ3n) is 5.98. The van der Waals surface area contributed by atoms with Crippen LogP contribution in [0, 0.1) is 13.8 Å². The van der Waals surface area contributed by atoms with Crippen LogP contribution in [-0.2, 0) is 11.3 Å². The monoisotopic (exact) mass is 405 g/mol. The summed E-state index contributed by atoms with van der Waals surface area (Å²) in [7, 11) is 0. The largest absolute Gasteiger partial charge is 0.493 e. The molecule has 1 amide bonds. The number of carbonyl (C=O) groups is 1. The highest BCUT2D eigenvalue weighted by Gasteiger charge is 2.32. The van der Waals surface area contributed by atoms with Crippen molar-refractivity contribution >= 4 is 16.9 Å². The fraction of sp³-hybridized carbons (Fsp3) is 0.440. The van der Waals surface area contributed by atoms with E-state index in [9.17, 15) is 4.79 Å². The summed E-state index contributed by atoms with van der Waals surface area (Å²) in [5.74, 6) is 2.19. The van der Waals surface area contributed by atoms with Gasteiger partial charge in [0.05, 0.1) is 23.7 Å². The first kappa shape index (κ1) is 20.5. The van der Waals surface area contributed by atoms with Crippen molar-refractivity contribution in [3.05, 3.63) is 59.4 Å². The number of rotatable bonds is 7. The Morgan fingerprint density at radius 1 is 1.20 bits per heavy atom. The second kappa shape index (κ2) is 8.90. The van der Waals surface area contributed by atoms with Gasteiger partial charge in [0.1, 0.15) is 11.6 Å². The van der Waals surface area contributed by atoms with Crippen LogP contribution in [0.15, 0.2) is 42.5 Å². The third-order valence-corrected chi connectivity index (χ3v) is 5.98. The summed E-state index contributed by atoms with van der Waals surface area (Å²) in [6.07, 6.45) is 3.44. The Labute approximate surface area is 178 Å². The zero-order valence-electron chi connectivity index (χ0n) is 18.2. The maximum atomic E-state index is 12.5. The average Bonchev–Trinajstić information content (AvgIpc) is 3.37. The number of fused-ring (bicyclic) bond motifs is 1. The Morgan fingerprint density at radius 3 is 2.87 bits per heavy atom. The van der Waals surface area contributed by atoms with Gasteiger partial charge in [-0.05, 0) is 62.4 Å². The molecule has 1 fully saturated rings. The number of imidazole rings is 1. The van der Waals surface area contributed by atoms with Crippen LogP contribution in [0.3, 0.4) is 0 Å². The summed E-state index contributed by atoms with van der Waals surface area (Å²) in [6.45, 7) is 8.41. The number of hydrogen-bond acceptors (Lipinski definition) is 3. The van der Waals surface area contributed by atoms with Gasteiger partial charge in [0.15, 0.2) is 0 Å². The molecule has 1 unspecified atom stereocenters. The van der Waals surface area contributed by atoms with Crippen LogP contribution >= 0.6 is 0 Å². The molecular weight excluding hydrogens is 374 g/mol. The highest BCUT2D eigenvalue weighted by Crippen LogP contribution is 2.34. The molecule has 0 saturated carbocycles. The molecule has 1 aliphatic heterocycles. The Morgan fingerprint density at radius 2 is 2.03 bits per heavy atom. The molecule has 0 spiro atoms. The molecule has 1 aliphatic rings. The number of benzene rings is 2. The van der Waals surface area contributed by atoms with Gasteiger partial charge in [-0.2, -0.15) is 0 Å². The van der Waals surface area contributed by atoms with Crippen LogP contribution in [0.5, 0.6) is 5.75 Å². The van der Waals surface area contributed by atoms with Gasteiger partial charge in [-0.1, -0.05) is 31.2 Å². The number of aromatic nitrogens is 2. The number of likely N-dealkylation sites (tertiary alicyclic amines) is 1. The quantitative estimate of drug-likeness (QED) is 0.508. The summed E-state index contributed by atoms with van der Waals surface area (Å²) in [6, 6.07) is 14.6. The molecule has 0 radical (unpaired) electrons. The molecule has 0 N–H and O–H groups in total. The van der Waals surface area contributed by atoms with Crippen LogP contribution in [0.1, 0.15) is 55.6 Å². The van der Waals surface area contributed by atoms with Gasteiger partial charge in [0.25, 0.3) is 0 Å². The summed E-state index contributed by atoms with van der Waals surface area (Å²) in [5, 5.41) is 0. The van der Waals surface area contributed by atoms with Crippen molar-refractivity contribution in [2.75, 3.05) is 13.2 Å². The van der Waals surface area contributed by atoms with E-state index < -0.39 is 0 Å². The summed E-state index contributed by atoms with van der Waals surface area (Å²) in [5.41, 5.74) is 4.50. The van der Waals surface area contributed by atoms with Crippen molar-refractivity contribution in [3.63, 3.8) is 0 Å². The van der Waals surface area contributed by atoms with E-state index in [2.05, 4.69) is 54.8 Å². The van der Waals surface area contributed by atoms with Crippen molar-refractivity contribution in [2.24, 2.45) is 0 Å². The lowest BCUT2D eigenvalue weighted by atomic mass is 10.1. The van der Waals surface area contributed by atoms with Gasteiger partial charge in [0, 0.05) is 19.5 Å². The lowest BCUT2D eigenvalue weighted by Crippen LogP contribution is -2.31. The predicted octanol–water partition coefficient (Wildman–Crippen LogP) is 5.20. The Kier molecular flexibility index (Phi) is 6.07. The van der Waals surface area contributed by atoms with E-state index in [1.54, 1.807) is 0 Å². The highest BCUT2D eigenvalue weighted by atomic mass is 16.5. The number of hydrogen-bond donors (Lipinski definition) is 0. The van der Waals surface area contributed by atoms with Crippen LogP contribution < -0.4 is 4.74 Å². The molecule has 2 heterocycles. The number of aryl methyl sites for hydroxylation is 3. The molecule has 158 valence electrons. The highest BCUT2D eigenvalue weighted by molar-refractivity contribution is 5.78. The van der Waals surface area contributed by atoms with Gasteiger partial charge >= 0.3 is 0 Å². The van der Waals surface area contributed by atoms with E-state index in [-0.39, 0.29) is 11.9 Å². The average molecular weight is 406 g/mol. The number of ether oxygens (including phenoxy) is 1. The van der Waals surface area contributed by atoms with Crippen LogP contribution in [0.4, 0.5) is 0 Å². The minimum Gasteiger partial charge on any atom is -0.493 e. The minimum atomic E-state index is 0.0739. The standard InChI is InChI=1S/C25H31N3O2/c1-4-24(29)27-14-7-11-22(27)25-26-20-9-5-6-10-21(20)28(25)15-8-16-30-23-17-18(2)12-13-19(23)3/h5-6,9-10,12-13,17,22H,4,7-8,11,14-16H2,1-3H3. The maximum absolute atomic E-state index is 12.5. The maximum Gasteiger partial charge on any atom is 0.222 e. The van der Waals surface area contributed by atoms with Gasteiger partial charge in [-0.25, -0.2) is 4.98 Å². The van der Waals surface area contributed by atoms with Gasteiger partial charge < -0.3 is 14.2 Å². The molecular formula is C25H31N3O2. The number of para-hydroxylation sites is 2. The van der Waals surface area contributed by atoms with Crippen molar-refractivity contribution in [2.45, 2.75) is 59.0 Å². The normalized spacial score (nSPS) is 16.4. The van der Waals surface area contributed by atoms with Crippen LogP contribution in [-0.4, -0.2) is 33.5 Å². The Bertz CT molecular complexity index is 1040. The van der Waals surface area contributed by atoms with Gasteiger partial charge in [-0.15, -0.1) is 0 Å². The minimum absolute atomic E-state index is 0.0739. The fourth-order valence-electron chi connectivity index (χ4n) is 4.39. The molecule has 1 atom stereocenters. The molecule has 1 saturated heterocycles. The summed E-state index contributed by atoms with van der Waals surface area (Å²) in [4.78, 5) is 19.4. The smallest absolute Gasteiger partial charge is 0.222 e. The van der Waals surface area contributed by atoms with Crippen LogP contribution in [0.25, 0.3) is 11.0 Å². The molecule has 5 nitrogen and oxygen atoms in total. The van der Waals surface area contributed by atoms with Crippen molar-refractivity contribution in [1.29, 1.82) is 0 Å². The molecule has 0 bridgehead atoms. The van der Waals surface area contributed by atoms with Gasteiger partial charge in [0.2, 0.25) is 5.91 Å². The van der Waals surface area contributed by atoms with E-state index >= 15 is 0 Å². The van der Waals surface area contributed by atoms with E-state index in [1.807, 2.05) is 17.9 Å². The van der Waals surface area contributed by atoms with Crippen molar-refractivity contribution in [1.82, 2.24) is 14.5 Å². The molecule has 1 aromatic heterocycles. The molecule has 30 heavy (non-hydrogen) atoms. The lowest BCUT2D eigenvalue weighted by Gasteiger charge is -2.25. The third kappa shape index (κ3) is 4.07. The first-order chi connectivity index (χ1) is 14.6. The van der Waals surface area contributed by atoms with Crippen molar-refractivity contribution in [3.8, 4) is 5.75 Å². The Hall–Kier alpha value is -2.82. The molecule has 5 heteroatoms. The first-order valence-corrected chi connectivity index (χ1v) is 11.0. The fourth-order valence-corrected chi connectivity index (χ4v) is 4.39. The molecule has 3 aromatic rings. The predicted molar refractivity (Wildman–Crippen MR) is 120 cm³/mol. The molecule has 2 aromatic carbocycles. The van der Waals surface area contributed by atoms with E-state index in [1.165, 1.54) is 5.56 Å². The van der Waals surface area contributed by atoms with E-state index in [4.69, 9.17) is 9.72 Å². The lowest BCUT2D eigenvalue weighted by molar-refractivity contribution is -0.131. The topological polar surface area (TPSA) is 47.4 Å². The molecule has 0 aliphatic carbocycles. The second-order valence-electron chi connectivity index (χ2n) is 8.18. The Balaban J connectivity index is 1.53. The van der Waals surface area contributed by atoms with Crippen molar-refractivity contribution < 1.29 is 9.53 Å². The molecule has 4 rings (SSSR count). The summed E-state index contributed by atoms with van der Waals surface area (Å²) >= 11 is 0. The number of nitrogens with zero attached hydrogens (tertiary/aromatic N) is 3. The first-order valence-electron chi connectivity index (χ1n) is 11.0. The summed E-state index contributed by atoms with van der Waals surface area (Å²) < 4.78 is 8.37.